The molecule has 8 heteroatoms. The maximum atomic E-state index is 13.3. The molecule has 164 valence electrons. The highest BCUT2D eigenvalue weighted by atomic mass is 32.1. The minimum atomic E-state index is -0.461. The third-order valence-corrected chi connectivity index (χ3v) is 5.64. The smallest absolute Gasteiger partial charge is 0.243 e. The van der Waals surface area contributed by atoms with Gasteiger partial charge in [0.2, 0.25) is 5.91 Å². The van der Waals surface area contributed by atoms with Gasteiger partial charge in [0.1, 0.15) is 17.6 Å². The molecule has 0 spiro atoms. The molecule has 1 atom stereocenters. The van der Waals surface area contributed by atoms with E-state index in [0.717, 1.165) is 22.7 Å². The average Bonchev–Trinajstić information content (AvgIpc) is 3.27. The molecule has 1 aromatic heterocycles. The second kappa shape index (κ2) is 10.9. The SMILES string of the molecule is CCC(C(=O)NCCOC)N(c1ccc(OC)cc1)c1nc(-c2ccc(F)cc2)cs1. The second-order valence-corrected chi connectivity index (χ2v) is 7.63. The van der Waals surface area contributed by atoms with Crippen molar-refractivity contribution in [3.05, 3.63) is 59.7 Å². The molecule has 0 radical (unpaired) electrons. The van der Waals surface area contributed by atoms with Crippen LogP contribution in [0.2, 0.25) is 0 Å². The fraction of sp³-hybridized carbons (Fsp3) is 0.304. The lowest BCUT2D eigenvalue weighted by Gasteiger charge is -2.30. The third kappa shape index (κ3) is 5.59. The standard InChI is InChI=1S/C23H26FN3O3S/c1-4-21(22(28)25-13-14-29-2)27(18-9-11-19(30-3)12-10-18)23-26-20(15-31-23)16-5-7-17(24)8-6-16/h5-12,15,21H,4,13-14H2,1-3H3,(H,25,28). The van der Waals surface area contributed by atoms with E-state index in [0.29, 0.717) is 24.7 Å². The van der Waals surface area contributed by atoms with E-state index in [1.54, 1.807) is 26.4 Å². The lowest BCUT2D eigenvalue weighted by molar-refractivity contribution is -0.122. The van der Waals surface area contributed by atoms with Crippen LogP contribution in [0.3, 0.4) is 0 Å². The number of ether oxygens (including phenoxy) is 2. The van der Waals surface area contributed by atoms with E-state index in [1.807, 2.05) is 41.5 Å². The van der Waals surface area contributed by atoms with Gasteiger partial charge >= 0.3 is 0 Å². The minimum Gasteiger partial charge on any atom is -0.497 e. The van der Waals surface area contributed by atoms with Crippen molar-refractivity contribution in [2.24, 2.45) is 0 Å². The van der Waals surface area contributed by atoms with Crippen molar-refractivity contribution in [2.75, 3.05) is 32.3 Å². The van der Waals surface area contributed by atoms with Crippen LogP contribution in [-0.2, 0) is 9.53 Å². The van der Waals surface area contributed by atoms with Crippen molar-refractivity contribution in [1.82, 2.24) is 10.3 Å². The highest BCUT2D eigenvalue weighted by Gasteiger charge is 2.28. The number of hydrogen-bond acceptors (Lipinski definition) is 6. The monoisotopic (exact) mass is 443 g/mol. The van der Waals surface area contributed by atoms with Crippen LogP contribution in [0, 0.1) is 5.82 Å². The molecule has 6 nitrogen and oxygen atoms in total. The van der Waals surface area contributed by atoms with Gasteiger partial charge in [0, 0.05) is 30.3 Å². The number of carbonyl (C=O) groups is 1. The van der Waals surface area contributed by atoms with Gasteiger partial charge in [-0.1, -0.05) is 6.92 Å². The lowest BCUT2D eigenvalue weighted by atomic mass is 10.1. The number of nitrogens with one attached hydrogen (secondary N) is 1. The number of halogens is 1. The Morgan fingerprint density at radius 1 is 1.16 bits per heavy atom. The first kappa shape index (κ1) is 22.7. The van der Waals surface area contributed by atoms with Gasteiger partial charge in [-0.2, -0.15) is 0 Å². The number of amides is 1. The summed E-state index contributed by atoms with van der Waals surface area (Å²) in [4.78, 5) is 19.7. The predicted molar refractivity (Wildman–Crippen MR) is 122 cm³/mol. The number of benzene rings is 2. The molecular formula is C23H26FN3O3S. The first-order valence-corrected chi connectivity index (χ1v) is 10.9. The topological polar surface area (TPSA) is 63.7 Å². The zero-order chi connectivity index (χ0) is 22.2. The molecule has 1 amide bonds. The number of carbonyl (C=O) groups excluding carboxylic acids is 1. The Bertz CT molecular complexity index is 976. The van der Waals surface area contributed by atoms with E-state index < -0.39 is 6.04 Å². The summed E-state index contributed by atoms with van der Waals surface area (Å²) < 4.78 is 23.6. The van der Waals surface area contributed by atoms with Gasteiger partial charge in [0.25, 0.3) is 0 Å². The molecule has 0 aliphatic rings. The molecule has 1 unspecified atom stereocenters. The van der Waals surface area contributed by atoms with Gasteiger partial charge in [-0.25, -0.2) is 9.37 Å². The molecule has 0 saturated heterocycles. The van der Waals surface area contributed by atoms with Crippen molar-refractivity contribution in [2.45, 2.75) is 19.4 Å². The highest BCUT2D eigenvalue weighted by molar-refractivity contribution is 7.14. The summed E-state index contributed by atoms with van der Waals surface area (Å²) in [5.41, 5.74) is 2.37. The average molecular weight is 444 g/mol. The van der Waals surface area contributed by atoms with E-state index in [-0.39, 0.29) is 11.7 Å². The van der Waals surface area contributed by atoms with Crippen molar-refractivity contribution >= 4 is 28.1 Å². The fourth-order valence-electron chi connectivity index (χ4n) is 3.17. The van der Waals surface area contributed by atoms with Crippen LogP contribution in [0.15, 0.2) is 53.9 Å². The van der Waals surface area contributed by atoms with E-state index in [2.05, 4.69) is 5.32 Å². The fourth-order valence-corrected chi connectivity index (χ4v) is 4.08. The number of methoxy groups -OCH3 is 2. The number of aromatic nitrogens is 1. The number of anilines is 2. The summed E-state index contributed by atoms with van der Waals surface area (Å²) in [6.07, 6.45) is 0.580. The van der Waals surface area contributed by atoms with Gasteiger partial charge in [-0.3, -0.25) is 4.79 Å². The first-order chi connectivity index (χ1) is 15.1. The van der Waals surface area contributed by atoms with Crippen LogP contribution in [0.5, 0.6) is 5.75 Å². The Balaban J connectivity index is 1.96. The van der Waals surface area contributed by atoms with Crippen LogP contribution in [0.4, 0.5) is 15.2 Å². The van der Waals surface area contributed by atoms with E-state index in [9.17, 15) is 9.18 Å². The predicted octanol–water partition coefficient (Wildman–Crippen LogP) is 4.64. The van der Waals surface area contributed by atoms with Crippen LogP contribution in [0.1, 0.15) is 13.3 Å². The first-order valence-electron chi connectivity index (χ1n) is 9.98. The zero-order valence-electron chi connectivity index (χ0n) is 17.8. The molecule has 0 bridgehead atoms. The van der Waals surface area contributed by atoms with Crippen molar-refractivity contribution in [3.8, 4) is 17.0 Å². The van der Waals surface area contributed by atoms with Gasteiger partial charge in [0.15, 0.2) is 5.13 Å². The number of nitrogens with zero attached hydrogens (tertiary/aromatic N) is 2. The number of hydrogen-bond donors (Lipinski definition) is 1. The summed E-state index contributed by atoms with van der Waals surface area (Å²) in [7, 11) is 3.21. The van der Waals surface area contributed by atoms with E-state index in [1.165, 1.54) is 23.5 Å². The van der Waals surface area contributed by atoms with Gasteiger partial charge in [-0.15, -0.1) is 11.3 Å². The molecule has 3 rings (SSSR count). The largest absolute Gasteiger partial charge is 0.497 e. The normalized spacial score (nSPS) is 11.7. The van der Waals surface area contributed by atoms with Crippen molar-refractivity contribution in [3.63, 3.8) is 0 Å². The maximum Gasteiger partial charge on any atom is 0.243 e. The molecular weight excluding hydrogens is 417 g/mol. The second-order valence-electron chi connectivity index (χ2n) is 6.80. The van der Waals surface area contributed by atoms with Gasteiger partial charge < -0.3 is 19.7 Å². The van der Waals surface area contributed by atoms with E-state index >= 15 is 0 Å². The Hall–Kier alpha value is -2.97. The van der Waals surface area contributed by atoms with Crippen LogP contribution in [-0.4, -0.2) is 44.3 Å². The minimum absolute atomic E-state index is 0.103. The van der Waals surface area contributed by atoms with Crippen LogP contribution < -0.4 is 15.0 Å². The third-order valence-electron chi connectivity index (χ3n) is 4.80. The summed E-state index contributed by atoms with van der Waals surface area (Å²) in [5.74, 6) is 0.333. The molecule has 1 heterocycles. The Labute approximate surface area is 185 Å². The molecule has 0 saturated carbocycles. The Morgan fingerprint density at radius 3 is 2.48 bits per heavy atom. The number of rotatable bonds is 10. The van der Waals surface area contributed by atoms with Crippen molar-refractivity contribution in [1.29, 1.82) is 0 Å². The summed E-state index contributed by atoms with van der Waals surface area (Å²) in [6, 6.07) is 13.3. The summed E-state index contributed by atoms with van der Waals surface area (Å²) in [6.45, 7) is 2.84. The molecule has 31 heavy (non-hydrogen) atoms. The van der Waals surface area contributed by atoms with E-state index in [4.69, 9.17) is 14.5 Å². The summed E-state index contributed by atoms with van der Waals surface area (Å²) >= 11 is 1.44. The maximum absolute atomic E-state index is 13.3. The summed E-state index contributed by atoms with van der Waals surface area (Å²) in [5, 5.41) is 5.52. The molecule has 3 aromatic rings. The van der Waals surface area contributed by atoms with Gasteiger partial charge in [0.05, 0.1) is 19.4 Å². The zero-order valence-corrected chi connectivity index (χ0v) is 18.6. The number of thiazole rings is 1. The molecule has 0 aliphatic heterocycles. The quantitative estimate of drug-likeness (QED) is 0.463. The molecule has 1 N–H and O–H groups in total. The van der Waals surface area contributed by atoms with Crippen molar-refractivity contribution < 1.29 is 18.7 Å². The molecule has 2 aromatic carbocycles. The Morgan fingerprint density at radius 2 is 1.87 bits per heavy atom. The van der Waals surface area contributed by atoms with Crippen LogP contribution >= 0.6 is 11.3 Å². The molecule has 0 fully saturated rings. The molecule has 0 aliphatic carbocycles. The van der Waals surface area contributed by atoms with Gasteiger partial charge in [-0.05, 0) is 55.0 Å². The van der Waals surface area contributed by atoms with Crippen LogP contribution in [0.25, 0.3) is 11.3 Å². The lowest BCUT2D eigenvalue weighted by Crippen LogP contribution is -2.45. The highest BCUT2D eigenvalue weighted by Crippen LogP contribution is 2.35. The Kier molecular flexibility index (Phi) is 7.97.